The van der Waals surface area contributed by atoms with Crippen molar-refractivity contribution in [1.29, 1.82) is 0 Å². The van der Waals surface area contributed by atoms with Crippen LogP contribution in [0.15, 0.2) is 24.3 Å². The summed E-state index contributed by atoms with van der Waals surface area (Å²) in [5, 5.41) is 21.9. The van der Waals surface area contributed by atoms with Crippen molar-refractivity contribution in [3.63, 3.8) is 0 Å². The number of aliphatic hydroxyl groups is 1. The highest BCUT2D eigenvalue weighted by Gasteiger charge is 2.28. The average molecular weight is 858 g/mol. The van der Waals surface area contributed by atoms with Gasteiger partial charge in [-0.2, -0.15) is 0 Å². The number of hydrogen-bond donors (Lipinski definition) is 4. The van der Waals surface area contributed by atoms with Gasteiger partial charge in [-0.1, -0.05) is 192 Å². The van der Waals surface area contributed by atoms with Gasteiger partial charge in [0.25, 0.3) is 0 Å². The molecule has 1 amide bonds. The van der Waals surface area contributed by atoms with Crippen LogP contribution < -0.4 is 5.32 Å². The van der Waals surface area contributed by atoms with Crippen LogP contribution in [-0.2, 0) is 32.7 Å². The van der Waals surface area contributed by atoms with Gasteiger partial charge in [0, 0.05) is 12.8 Å². The topological polar surface area (TPSA) is 169 Å². The van der Waals surface area contributed by atoms with Crippen molar-refractivity contribution in [2.45, 2.75) is 238 Å². The molecule has 3 atom stereocenters. The summed E-state index contributed by atoms with van der Waals surface area (Å²) in [6.07, 6.45) is 44.8. The van der Waals surface area contributed by atoms with E-state index in [1.807, 2.05) is 0 Å². The van der Waals surface area contributed by atoms with Gasteiger partial charge in [0.15, 0.2) is 6.04 Å². The molecule has 346 valence electrons. The molecule has 0 aromatic heterocycles. The fourth-order valence-electron chi connectivity index (χ4n) is 6.76. The molecule has 12 heteroatoms. The van der Waals surface area contributed by atoms with Crippen molar-refractivity contribution >= 4 is 25.7 Å². The van der Waals surface area contributed by atoms with Gasteiger partial charge in [0.2, 0.25) is 5.91 Å². The number of ether oxygens (including phenoxy) is 1. The molecular weight excluding hydrogens is 769 g/mol. The molecule has 0 fully saturated rings. The van der Waals surface area contributed by atoms with Crippen LogP contribution in [0.1, 0.15) is 226 Å². The maximum Gasteiger partial charge on any atom is 0.472 e. The standard InChI is InChI=1S/C47H88NO10P/c1-3-5-7-9-11-13-15-17-19-21-23-24-26-28-30-32-34-36-38-45(50)48-44(47(52)53)42-58-59(54,55)57-41-43(49)40-56-46(51)39-37-35-33-31-29-27-25-22-20-18-16-14-12-10-8-6-4-2/h12,14,18,20,43-44,49H,3-11,13,15-17,19,21-42H2,1-2H3,(H,48,50)(H,52,53)(H,54,55)/b14-12-,20-18-. The number of phosphoric ester groups is 1. The number of carbonyl (C=O) groups is 3. The first kappa shape index (κ1) is 57.0. The minimum absolute atomic E-state index is 0.150. The predicted molar refractivity (Wildman–Crippen MR) is 240 cm³/mol. The maximum atomic E-state index is 12.3. The van der Waals surface area contributed by atoms with Gasteiger partial charge in [-0.15, -0.1) is 0 Å². The molecule has 59 heavy (non-hydrogen) atoms. The minimum Gasteiger partial charge on any atom is -0.480 e. The molecule has 0 aliphatic carbocycles. The zero-order valence-electron chi connectivity index (χ0n) is 37.6. The molecule has 0 heterocycles. The number of phosphoric acid groups is 1. The Labute approximate surface area is 359 Å². The van der Waals surface area contributed by atoms with E-state index in [4.69, 9.17) is 13.8 Å². The Hall–Kier alpha value is -2.04. The predicted octanol–water partition coefficient (Wildman–Crippen LogP) is 12.6. The van der Waals surface area contributed by atoms with E-state index < -0.39 is 57.6 Å². The van der Waals surface area contributed by atoms with Crippen molar-refractivity contribution < 1.29 is 47.8 Å². The van der Waals surface area contributed by atoms with Crippen molar-refractivity contribution in [3.05, 3.63) is 24.3 Å². The largest absolute Gasteiger partial charge is 0.480 e. The number of carbonyl (C=O) groups excluding carboxylic acids is 2. The lowest BCUT2D eigenvalue weighted by molar-refractivity contribution is -0.147. The van der Waals surface area contributed by atoms with E-state index in [0.29, 0.717) is 12.8 Å². The summed E-state index contributed by atoms with van der Waals surface area (Å²) in [6.45, 7) is 2.59. The number of allylic oxidation sites excluding steroid dienone is 4. The highest BCUT2D eigenvalue weighted by Crippen LogP contribution is 2.43. The number of amides is 1. The number of esters is 1. The van der Waals surface area contributed by atoms with E-state index in [0.717, 1.165) is 51.4 Å². The van der Waals surface area contributed by atoms with Gasteiger partial charge in [-0.25, -0.2) is 9.36 Å². The summed E-state index contributed by atoms with van der Waals surface area (Å²) < 4.78 is 26.9. The first-order chi connectivity index (χ1) is 28.6. The lowest BCUT2D eigenvalue weighted by Gasteiger charge is -2.18. The highest BCUT2D eigenvalue weighted by atomic mass is 31.2. The zero-order chi connectivity index (χ0) is 43.5. The number of unbranched alkanes of at least 4 members (excludes halogenated alkanes) is 27. The summed E-state index contributed by atoms with van der Waals surface area (Å²) in [7, 11) is -4.76. The van der Waals surface area contributed by atoms with Crippen molar-refractivity contribution in [3.8, 4) is 0 Å². The average Bonchev–Trinajstić information content (AvgIpc) is 3.21. The first-order valence-corrected chi connectivity index (χ1v) is 25.4. The summed E-state index contributed by atoms with van der Waals surface area (Å²) in [5.41, 5.74) is 0. The number of hydrogen-bond acceptors (Lipinski definition) is 8. The fraction of sp³-hybridized carbons (Fsp3) is 0.851. The number of carboxylic acid groups (broad SMARTS) is 1. The van der Waals surface area contributed by atoms with Gasteiger partial charge < -0.3 is 25.2 Å². The van der Waals surface area contributed by atoms with E-state index in [9.17, 15) is 34.1 Å². The Morgan fingerprint density at radius 3 is 1.41 bits per heavy atom. The molecule has 0 aromatic rings. The molecule has 4 N–H and O–H groups in total. The molecule has 0 spiro atoms. The normalized spacial score (nSPS) is 13.8. The zero-order valence-corrected chi connectivity index (χ0v) is 38.5. The molecule has 3 unspecified atom stereocenters. The van der Waals surface area contributed by atoms with Crippen molar-refractivity contribution in [1.82, 2.24) is 5.32 Å². The lowest BCUT2D eigenvalue weighted by Crippen LogP contribution is -2.43. The summed E-state index contributed by atoms with van der Waals surface area (Å²) in [6, 6.07) is -1.54. The van der Waals surface area contributed by atoms with Crippen LogP contribution in [0.25, 0.3) is 0 Å². The SMILES string of the molecule is CCCCC/C=C\C/C=C\CCCCCCCCCC(=O)OCC(O)COP(=O)(O)OCC(NC(=O)CCCCCCCCCCCCCCCCCCCC)C(=O)O. The molecule has 0 aliphatic heterocycles. The molecule has 0 aromatic carbocycles. The number of aliphatic hydroxyl groups excluding tert-OH is 1. The second-order valence-corrected chi connectivity index (χ2v) is 17.8. The maximum absolute atomic E-state index is 12.3. The van der Waals surface area contributed by atoms with E-state index in [2.05, 4.69) is 43.5 Å². The summed E-state index contributed by atoms with van der Waals surface area (Å²) >= 11 is 0. The van der Waals surface area contributed by atoms with Gasteiger partial charge in [0.1, 0.15) is 12.7 Å². The fourth-order valence-corrected chi connectivity index (χ4v) is 7.53. The number of carboxylic acids is 1. The van der Waals surface area contributed by atoms with Crippen molar-refractivity contribution in [2.75, 3.05) is 19.8 Å². The van der Waals surface area contributed by atoms with Gasteiger partial charge >= 0.3 is 19.8 Å². The number of nitrogens with one attached hydrogen (secondary N) is 1. The number of rotatable bonds is 45. The quantitative estimate of drug-likeness (QED) is 0.0200. The van der Waals surface area contributed by atoms with Crippen LogP contribution in [0, 0.1) is 0 Å². The van der Waals surface area contributed by atoms with E-state index in [-0.39, 0.29) is 12.8 Å². The Morgan fingerprint density at radius 2 is 0.932 bits per heavy atom. The van der Waals surface area contributed by atoms with Gasteiger partial charge in [0.05, 0.1) is 13.2 Å². The third-order valence-electron chi connectivity index (χ3n) is 10.5. The van der Waals surface area contributed by atoms with E-state index in [1.165, 1.54) is 135 Å². The Bertz CT molecular complexity index is 1100. The Morgan fingerprint density at radius 1 is 0.542 bits per heavy atom. The van der Waals surface area contributed by atoms with Crippen LogP contribution in [-0.4, -0.2) is 64.9 Å². The molecular formula is C47H88NO10P. The molecule has 11 nitrogen and oxygen atoms in total. The third kappa shape index (κ3) is 42.4. The van der Waals surface area contributed by atoms with Gasteiger partial charge in [-0.05, 0) is 44.9 Å². The second kappa shape index (κ2) is 42.6. The van der Waals surface area contributed by atoms with Crippen LogP contribution >= 0.6 is 7.82 Å². The molecule has 0 aliphatic rings. The Balaban J connectivity index is 3.85. The van der Waals surface area contributed by atoms with Crippen LogP contribution in [0.2, 0.25) is 0 Å². The molecule has 0 saturated heterocycles. The summed E-state index contributed by atoms with van der Waals surface area (Å²) in [4.78, 5) is 46.0. The van der Waals surface area contributed by atoms with E-state index in [1.54, 1.807) is 0 Å². The van der Waals surface area contributed by atoms with Crippen LogP contribution in [0.5, 0.6) is 0 Å². The lowest BCUT2D eigenvalue weighted by atomic mass is 10.0. The van der Waals surface area contributed by atoms with Gasteiger partial charge in [-0.3, -0.25) is 18.6 Å². The Kier molecular flexibility index (Phi) is 41.2. The molecule has 0 bridgehead atoms. The number of aliphatic carboxylic acids is 1. The smallest absolute Gasteiger partial charge is 0.472 e. The molecule has 0 rings (SSSR count). The van der Waals surface area contributed by atoms with Crippen molar-refractivity contribution in [2.24, 2.45) is 0 Å². The minimum atomic E-state index is -4.76. The van der Waals surface area contributed by atoms with Crippen LogP contribution in [0.3, 0.4) is 0 Å². The summed E-state index contributed by atoms with van der Waals surface area (Å²) in [5.74, 6) is -2.37. The second-order valence-electron chi connectivity index (χ2n) is 16.3. The first-order valence-electron chi connectivity index (χ1n) is 23.9. The van der Waals surface area contributed by atoms with E-state index >= 15 is 0 Å². The van der Waals surface area contributed by atoms with Crippen LogP contribution in [0.4, 0.5) is 0 Å². The third-order valence-corrected chi connectivity index (χ3v) is 11.4. The molecule has 0 radical (unpaired) electrons. The monoisotopic (exact) mass is 858 g/mol. The molecule has 0 saturated carbocycles. The highest BCUT2D eigenvalue weighted by molar-refractivity contribution is 7.47.